The second kappa shape index (κ2) is 10.3. The van der Waals surface area contributed by atoms with Crippen LogP contribution in [0.1, 0.15) is 52.5 Å². The van der Waals surface area contributed by atoms with Crippen molar-refractivity contribution in [2.45, 2.75) is 39.8 Å². The summed E-state index contributed by atoms with van der Waals surface area (Å²) in [5.74, 6) is -0.345. The molecule has 0 fully saturated rings. The number of rotatable bonds is 7. The van der Waals surface area contributed by atoms with Crippen LogP contribution in [0.3, 0.4) is 0 Å². The number of pyridine rings is 1. The van der Waals surface area contributed by atoms with E-state index in [1.807, 2.05) is 49.4 Å². The predicted octanol–water partition coefficient (Wildman–Crippen LogP) is 3.20. The highest BCUT2D eigenvalue weighted by molar-refractivity contribution is 5.91. The molecule has 0 aliphatic carbocycles. The Morgan fingerprint density at radius 2 is 1.69 bits per heavy atom. The maximum absolute atomic E-state index is 13.4. The van der Waals surface area contributed by atoms with E-state index in [2.05, 4.69) is 29.2 Å². The molecule has 8 nitrogen and oxygen atoms in total. The topological polar surface area (TPSA) is 98.9 Å². The highest BCUT2D eigenvalue weighted by Crippen LogP contribution is 2.15. The number of nitrogens with zero attached hydrogens (tertiary/aromatic N) is 4. The monoisotopic (exact) mass is 469 g/mol. The number of carbonyl (C=O) groups excluding carboxylic acids is 1. The average Bonchev–Trinajstić information content (AvgIpc) is 2.87. The second-order valence-corrected chi connectivity index (χ2v) is 8.71. The molecule has 0 unspecified atom stereocenters. The summed E-state index contributed by atoms with van der Waals surface area (Å²) in [4.78, 5) is 43.6. The van der Waals surface area contributed by atoms with Gasteiger partial charge < -0.3 is 5.32 Å². The van der Waals surface area contributed by atoms with E-state index in [0.29, 0.717) is 11.6 Å². The molecular formula is C27H27N5O3. The summed E-state index contributed by atoms with van der Waals surface area (Å²) in [5, 5.41) is 6.90. The van der Waals surface area contributed by atoms with E-state index in [9.17, 15) is 14.4 Å². The summed E-state index contributed by atoms with van der Waals surface area (Å²) < 4.78 is 2.16. The van der Waals surface area contributed by atoms with Crippen LogP contribution in [0.4, 0.5) is 0 Å². The maximum Gasteiger partial charge on any atom is 0.352 e. The summed E-state index contributed by atoms with van der Waals surface area (Å²) in [6.07, 6.45) is 3.26. The van der Waals surface area contributed by atoms with Crippen LogP contribution in [-0.2, 0) is 13.1 Å². The Labute approximate surface area is 202 Å². The standard InChI is InChI=1S/C27H27N5O3/c1-18(2)22-10-12-23(13-11-22)32-27(35)31(17-20-8-6-19(3)7-9-20)26(34)24(30-32)25(33)29-16-21-5-4-14-28-15-21/h4-15,18H,16-17H2,1-3H3,(H,29,33). The van der Waals surface area contributed by atoms with Crippen LogP contribution in [-0.4, -0.2) is 25.2 Å². The van der Waals surface area contributed by atoms with Gasteiger partial charge in [0, 0.05) is 18.9 Å². The molecule has 178 valence electrons. The summed E-state index contributed by atoms with van der Waals surface area (Å²) in [6, 6.07) is 18.4. The Morgan fingerprint density at radius 3 is 2.31 bits per heavy atom. The zero-order chi connectivity index (χ0) is 24.9. The average molecular weight is 470 g/mol. The lowest BCUT2D eigenvalue weighted by molar-refractivity contribution is 0.0941. The first-order valence-corrected chi connectivity index (χ1v) is 11.4. The van der Waals surface area contributed by atoms with Gasteiger partial charge in [0.1, 0.15) is 0 Å². The first-order valence-electron chi connectivity index (χ1n) is 11.4. The van der Waals surface area contributed by atoms with Crippen molar-refractivity contribution in [1.29, 1.82) is 0 Å². The number of nitrogens with one attached hydrogen (secondary N) is 1. The lowest BCUT2D eigenvalue weighted by atomic mass is 10.0. The number of hydrogen-bond acceptors (Lipinski definition) is 5. The fourth-order valence-electron chi connectivity index (χ4n) is 3.61. The highest BCUT2D eigenvalue weighted by atomic mass is 16.2. The van der Waals surface area contributed by atoms with E-state index in [1.54, 1.807) is 30.6 Å². The zero-order valence-electron chi connectivity index (χ0n) is 19.9. The molecule has 4 aromatic rings. The van der Waals surface area contributed by atoms with Gasteiger partial charge in [-0.15, -0.1) is 0 Å². The Bertz CT molecular complexity index is 1440. The third-order valence-electron chi connectivity index (χ3n) is 5.72. The fraction of sp³-hybridized carbons (Fsp3) is 0.222. The van der Waals surface area contributed by atoms with Crippen LogP contribution in [0.25, 0.3) is 5.69 Å². The van der Waals surface area contributed by atoms with Crippen LogP contribution >= 0.6 is 0 Å². The van der Waals surface area contributed by atoms with Gasteiger partial charge in [-0.2, -0.15) is 9.78 Å². The van der Waals surface area contributed by atoms with E-state index in [1.165, 1.54) is 0 Å². The normalized spacial score (nSPS) is 11.0. The van der Waals surface area contributed by atoms with Gasteiger partial charge in [-0.25, -0.2) is 4.79 Å². The largest absolute Gasteiger partial charge is 0.352 e. The first kappa shape index (κ1) is 23.8. The number of aromatic nitrogens is 4. The van der Waals surface area contributed by atoms with Gasteiger partial charge in [0.15, 0.2) is 0 Å². The molecule has 1 amide bonds. The molecule has 8 heteroatoms. The van der Waals surface area contributed by atoms with Gasteiger partial charge in [0.2, 0.25) is 5.69 Å². The van der Waals surface area contributed by atoms with Crippen molar-refractivity contribution in [3.8, 4) is 5.69 Å². The third-order valence-corrected chi connectivity index (χ3v) is 5.72. The molecule has 0 saturated heterocycles. The third kappa shape index (κ3) is 5.43. The van der Waals surface area contributed by atoms with Crippen LogP contribution in [0, 0.1) is 6.92 Å². The lowest BCUT2D eigenvalue weighted by Gasteiger charge is -2.13. The first-order chi connectivity index (χ1) is 16.8. The van der Waals surface area contributed by atoms with E-state index in [4.69, 9.17) is 0 Å². The van der Waals surface area contributed by atoms with E-state index in [0.717, 1.165) is 31.5 Å². The molecule has 4 rings (SSSR count). The molecule has 1 N–H and O–H groups in total. The van der Waals surface area contributed by atoms with Crippen molar-refractivity contribution in [3.63, 3.8) is 0 Å². The number of benzene rings is 2. The Balaban J connectivity index is 1.77. The van der Waals surface area contributed by atoms with Gasteiger partial charge in [-0.1, -0.05) is 61.9 Å². The minimum Gasteiger partial charge on any atom is -0.346 e. The predicted molar refractivity (Wildman–Crippen MR) is 134 cm³/mol. The molecule has 0 bridgehead atoms. The van der Waals surface area contributed by atoms with Crippen LogP contribution < -0.4 is 16.6 Å². The van der Waals surface area contributed by atoms with Crippen molar-refractivity contribution in [2.24, 2.45) is 0 Å². The molecule has 2 aromatic carbocycles. The van der Waals surface area contributed by atoms with Crippen molar-refractivity contribution >= 4 is 5.91 Å². The van der Waals surface area contributed by atoms with E-state index >= 15 is 0 Å². The Hall–Kier alpha value is -4.33. The quantitative estimate of drug-likeness (QED) is 0.448. The highest BCUT2D eigenvalue weighted by Gasteiger charge is 2.20. The lowest BCUT2D eigenvalue weighted by Crippen LogP contribution is -2.46. The smallest absolute Gasteiger partial charge is 0.346 e. The van der Waals surface area contributed by atoms with Gasteiger partial charge in [0.05, 0.1) is 12.2 Å². The summed E-state index contributed by atoms with van der Waals surface area (Å²) >= 11 is 0. The summed E-state index contributed by atoms with van der Waals surface area (Å²) in [6.45, 7) is 6.31. The molecule has 35 heavy (non-hydrogen) atoms. The van der Waals surface area contributed by atoms with Crippen molar-refractivity contribution in [2.75, 3.05) is 0 Å². The number of aryl methyl sites for hydroxylation is 1. The zero-order valence-corrected chi connectivity index (χ0v) is 19.9. The number of carbonyl (C=O) groups is 1. The molecule has 2 heterocycles. The minimum absolute atomic E-state index is 0.0213. The van der Waals surface area contributed by atoms with Gasteiger partial charge in [-0.05, 0) is 47.7 Å². The fourth-order valence-corrected chi connectivity index (χ4v) is 3.61. The molecule has 0 spiro atoms. The van der Waals surface area contributed by atoms with Crippen molar-refractivity contribution in [1.82, 2.24) is 24.6 Å². The molecule has 0 atom stereocenters. The van der Waals surface area contributed by atoms with Gasteiger partial charge in [-0.3, -0.25) is 19.1 Å². The summed E-state index contributed by atoms with van der Waals surface area (Å²) in [7, 11) is 0. The molecule has 0 aliphatic heterocycles. The summed E-state index contributed by atoms with van der Waals surface area (Å²) in [5.41, 5.74) is 2.47. The van der Waals surface area contributed by atoms with Crippen molar-refractivity contribution in [3.05, 3.63) is 122 Å². The molecule has 0 radical (unpaired) electrons. The Morgan fingerprint density at radius 1 is 0.971 bits per heavy atom. The van der Waals surface area contributed by atoms with E-state index in [-0.39, 0.29) is 18.8 Å². The number of amides is 1. The van der Waals surface area contributed by atoms with E-state index < -0.39 is 17.2 Å². The minimum atomic E-state index is -0.741. The van der Waals surface area contributed by atoms with Crippen LogP contribution in [0.2, 0.25) is 0 Å². The molecule has 2 aromatic heterocycles. The second-order valence-electron chi connectivity index (χ2n) is 8.71. The molecule has 0 aliphatic rings. The molecular weight excluding hydrogens is 442 g/mol. The SMILES string of the molecule is Cc1ccc(Cn2c(=O)c(C(=O)NCc3cccnc3)nn(-c3ccc(C(C)C)cc3)c2=O)cc1. The van der Waals surface area contributed by atoms with Gasteiger partial charge >= 0.3 is 5.69 Å². The van der Waals surface area contributed by atoms with Crippen LogP contribution in [0.5, 0.6) is 0 Å². The number of hydrogen-bond donors (Lipinski definition) is 1. The van der Waals surface area contributed by atoms with Crippen molar-refractivity contribution < 1.29 is 4.79 Å². The Kier molecular flexibility index (Phi) is 7.01. The molecule has 0 saturated carbocycles. The van der Waals surface area contributed by atoms with Crippen LogP contribution in [0.15, 0.2) is 82.6 Å². The van der Waals surface area contributed by atoms with Gasteiger partial charge in [0.25, 0.3) is 11.5 Å². The maximum atomic E-state index is 13.4.